The van der Waals surface area contributed by atoms with Gasteiger partial charge < -0.3 is 0 Å². The molecular weight excluding hydrogens is 192 g/mol. The highest BCUT2D eigenvalue weighted by Gasteiger charge is 2.37. The molecular formula is C16H23. The minimum absolute atomic E-state index is 0.389. The van der Waals surface area contributed by atoms with Crippen LogP contribution in [0.2, 0.25) is 0 Å². The van der Waals surface area contributed by atoms with Crippen molar-refractivity contribution in [2.75, 3.05) is 0 Å². The Bertz CT molecular complexity index is 331. The van der Waals surface area contributed by atoms with Gasteiger partial charge in [-0.15, -0.1) is 0 Å². The van der Waals surface area contributed by atoms with Crippen LogP contribution in [-0.4, -0.2) is 0 Å². The van der Waals surface area contributed by atoms with Crippen LogP contribution in [0, 0.1) is 11.8 Å². The fraction of sp³-hybridized carbons (Fsp3) is 0.688. The third-order valence-corrected chi connectivity index (χ3v) is 4.88. The molecule has 1 radical (unpaired) electrons. The van der Waals surface area contributed by atoms with E-state index >= 15 is 0 Å². The van der Waals surface area contributed by atoms with E-state index in [1.807, 2.05) is 0 Å². The van der Waals surface area contributed by atoms with Gasteiger partial charge >= 0.3 is 0 Å². The summed E-state index contributed by atoms with van der Waals surface area (Å²) in [6, 6.07) is 0. The molecule has 3 aliphatic carbocycles. The maximum absolute atomic E-state index is 2.56. The predicted molar refractivity (Wildman–Crippen MR) is 69.1 cm³/mol. The average Bonchev–Trinajstić information content (AvgIpc) is 2.29. The Morgan fingerprint density at radius 3 is 1.69 bits per heavy atom. The van der Waals surface area contributed by atoms with Gasteiger partial charge in [0.15, 0.2) is 0 Å². The first-order valence-corrected chi connectivity index (χ1v) is 6.99. The van der Waals surface area contributed by atoms with Gasteiger partial charge in [-0.25, -0.2) is 0 Å². The maximum Gasteiger partial charge on any atom is 0.0116 e. The lowest BCUT2D eigenvalue weighted by molar-refractivity contribution is 0.429. The van der Waals surface area contributed by atoms with Crippen LogP contribution < -0.4 is 0 Å². The first-order valence-electron chi connectivity index (χ1n) is 6.99. The summed E-state index contributed by atoms with van der Waals surface area (Å²) < 4.78 is 0. The Morgan fingerprint density at radius 2 is 1.19 bits per heavy atom. The summed E-state index contributed by atoms with van der Waals surface area (Å²) >= 11 is 0. The van der Waals surface area contributed by atoms with Crippen molar-refractivity contribution in [2.45, 2.75) is 65.2 Å². The van der Waals surface area contributed by atoms with Crippen LogP contribution in [-0.2, 0) is 0 Å². The molecule has 0 fully saturated rings. The van der Waals surface area contributed by atoms with Crippen LogP contribution >= 0.6 is 0 Å². The Hall–Kier alpha value is -0.520. The van der Waals surface area contributed by atoms with E-state index in [-0.39, 0.29) is 0 Å². The zero-order valence-electron chi connectivity index (χ0n) is 10.7. The molecule has 3 rings (SSSR count). The summed E-state index contributed by atoms with van der Waals surface area (Å²) in [5, 5.41) is 0. The molecule has 0 aromatic rings. The van der Waals surface area contributed by atoms with Crippen LogP contribution in [0.3, 0.4) is 0 Å². The van der Waals surface area contributed by atoms with E-state index < -0.39 is 0 Å². The lowest BCUT2D eigenvalue weighted by Crippen LogP contribution is -2.28. The molecule has 0 saturated carbocycles. The van der Waals surface area contributed by atoms with E-state index in [0.29, 0.717) is 5.41 Å². The second kappa shape index (κ2) is 3.75. The molecule has 0 atom stereocenters. The second-order valence-electron chi connectivity index (χ2n) is 6.19. The monoisotopic (exact) mass is 215 g/mol. The van der Waals surface area contributed by atoms with Gasteiger partial charge in [-0.05, 0) is 51.4 Å². The van der Waals surface area contributed by atoms with E-state index in [1.165, 1.54) is 51.4 Å². The standard InChI is InChI=1S/C16H23/c1-16(2)14-9-5-3-7-12(14)11-13-8-4-6-10-15(13)16/h11H,3-10H2,1-2H3. The van der Waals surface area contributed by atoms with Crippen LogP contribution in [0.5, 0.6) is 0 Å². The van der Waals surface area contributed by atoms with Crippen LogP contribution in [0.25, 0.3) is 0 Å². The molecule has 0 saturated heterocycles. The quantitative estimate of drug-likeness (QED) is 0.535. The topological polar surface area (TPSA) is 0 Å². The van der Waals surface area contributed by atoms with E-state index in [2.05, 4.69) is 20.3 Å². The zero-order valence-corrected chi connectivity index (χ0v) is 10.7. The molecule has 0 heterocycles. The van der Waals surface area contributed by atoms with E-state index in [0.717, 1.165) is 0 Å². The summed E-state index contributed by atoms with van der Waals surface area (Å²) in [6.07, 6.45) is 13.6. The van der Waals surface area contributed by atoms with Crippen LogP contribution in [0.15, 0.2) is 22.3 Å². The molecule has 0 N–H and O–H groups in total. The average molecular weight is 215 g/mol. The highest BCUT2D eigenvalue weighted by atomic mass is 14.4. The van der Waals surface area contributed by atoms with Crippen LogP contribution in [0.4, 0.5) is 0 Å². The van der Waals surface area contributed by atoms with Crippen molar-refractivity contribution in [1.82, 2.24) is 0 Å². The van der Waals surface area contributed by atoms with E-state index in [9.17, 15) is 0 Å². The molecule has 0 bridgehead atoms. The molecule has 0 aliphatic heterocycles. The predicted octanol–water partition coefficient (Wildman–Crippen LogP) is 4.97. The van der Waals surface area contributed by atoms with Crippen molar-refractivity contribution in [3.63, 3.8) is 0 Å². The lowest BCUT2D eigenvalue weighted by atomic mass is 9.62. The van der Waals surface area contributed by atoms with E-state index in [1.54, 1.807) is 22.3 Å². The minimum atomic E-state index is 0.389. The molecule has 87 valence electrons. The van der Waals surface area contributed by atoms with Gasteiger partial charge in [0, 0.05) is 11.8 Å². The number of allylic oxidation sites excluding steroid dienone is 4. The van der Waals surface area contributed by atoms with Crippen LogP contribution in [0.1, 0.15) is 65.2 Å². The smallest absolute Gasteiger partial charge is 0.0116 e. The summed E-state index contributed by atoms with van der Waals surface area (Å²) in [4.78, 5) is 0. The van der Waals surface area contributed by atoms with Crippen molar-refractivity contribution >= 4 is 0 Å². The van der Waals surface area contributed by atoms with E-state index in [4.69, 9.17) is 0 Å². The summed E-state index contributed by atoms with van der Waals surface area (Å²) in [5.41, 5.74) is 7.35. The number of rotatable bonds is 0. The third-order valence-electron chi connectivity index (χ3n) is 4.88. The van der Waals surface area contributed by atoms with Crippen molar-refractivity contribution in [2.24, 2.45) is 5.41 Å². The Kier molecular flexibility index (Phi) is 2.49. The number of hydrogen-bond acceptors (Lipinski definition) is 0. The van der Waals surface area contributed by atoms with Gasteiger partial charge in [-0.1, -0.05) is 36.1 Å². The highest BCUT2D eigenvalue weighted by Crippen LogP contribution is 2.52. The Balaban J connectivity index is 2.02. The normalized spacial score (nSPS) is 28.9. The Morgan fingerprint density at radius 1 is 0.750 bits per heavy atom. The summed E-state index contributed by atoms with van der Waals surface area (Å²) in [7, 11) is 0. The largest absolute Gasteiger partial charge is 0.0620 e. The van der Waals surface area contributed by atoms with Gasteiger partial charge in [0.05, 0.1) is 0 Å². The summed E-state index contributed by atoms with van der Waals surface area (Å²) in [5.74, 6) is 0. The minimum Gasteiger partial charge on any atom is -0.0620 e. The molecule has 0 spiro atoms. The van der Waals surface area contributed by atoms with Crippen molar-refractivity contribution < 1.29 is 0 Å². The molecule has 0 amide bonds. The highest BCUT2D eigenvalue weighted by molar-refractivity contribution is 5.50. The second-order valence-corrected chi connectivity index (χ2v) is 6.19. The fourth-order valence-corrected chi connectivity index (χ4v) is 4.00. The molecule has 0 aromatic carbocycles. The van der Waals surface area contributed by atoms with Gasteiger partial charge in [0.1, 0.15) is 0 Å². The maximum atomic E-state index is 2.56. The number of hydrogen-bond donors (Lipinski definition) is 0. The molecule has 0 nitrogen and oxygen atoms in total. The Labute approximate surface area is 99.8 Å². The molecule has 0 unspecified atom stereocenters. The molecule has 16 heavy (non-hydrogen) atoms. The van der Waals surface area contributed by atoms with Gasteiger partial charge in [-0.2, -0.15) is 0 Å². The third kappa shape index (κ3) is 1.49. The SMILES string of the molecule is CC1(C)C2=C([CH]C3=C1CCCC3)CCCC2. The van der Waals surface area contributed by atoms with Gasteiger partial charge in [0.2, 0.25) is 0 Å². The first kappa shape index (κ1) is 10.6. The zero-order chi connectivity index (χ0) is 11.2. The molecule has 3 aliphatic rings. The van der Waals surface area contributed by atoms with Crippen molar-refractivity contribution in [1.29, 1.82) is 0 Å². The summed E-state index contributed by atoms with van der Waals surface area (Å²) in [6.45, 7) is 4.95. The van der Waals surface area contributed by atoms with Gasteiger partial charge in [0.25, 0.3) is 0 Å². The van der Waals surface area contributed by atoms with Crippen molar-refractivity contribution in [3.8, 4) is 0 Å². The first-order chi connectivity index (χ1) is 7.69. The molecule has 0 aromatic heterocycles. The lowest BCUT2D eigenvalue weighted by Gasteiger charge is -2.43. The van der Waals surface area contributed by atoms with Crippen molar-refractivity contribution in [3.05, 3.63) is 28.7 Å². The molecule has 0 heteroatoms. The fourth-order valence-electron chi connectivity index (χ4n) is 4.00. The van der Waals surface area contributed by atoms with Gasteiger partial charge in [-0.3, -0.25) is 0 Å².